The van der Waals surface area contributed by atoms with E-state index in [0.29, 0.717) is 5.39 Å². The number of hydrogen-bond donors (Lipinski definition) is 3. The molecule has 4 aromatic rings. The number of nitrogen functional groups attached to an aromatic ring is 1. The van der Waals surface area contributed by atoms with E-state index in [9.17, 15) is 31.2 Å². The van der Waals surface area contributed by atoms with E-state index in [-0.39, 0.29) is 33.1 Å². The molecule has 0 aliphatic heterocycles. The molecule has 0 saturated carbocycles. The molecule has 0 radical (unpaired) electrons. The van der Waals surface area contributed by atoms with Crippen LogP contribution in [-0.4, -0.2) is 45.5 Å². The Morgan fingerprint density at radius 2 is 2.00 bits per heavy atom. The fourth-order valence-corrected chi connectivity index (χ4v) is 4.59. The highest BCUT2D eigenvalue weighted by atomic mass is 35.5. The number of alkyl halides is 3. The van der Waals surface area contributed by atoms with Gasteiger partial charge in [-0.05, 0) is 30.5 Å². The maximum absolute atomic E-state index is 13.3. The first-order chi connectivity index (χ1) is 17.3. The Labute approximate surface area is 212 Å². The molecule has 3 heterocycles. The Morgan fingerprint density at radius 1 is 1.27 bits per heavy atom. The third kappa shape index (κ3) is 4.97. The van der Waals surface area contributed by atoms with E-state index in [2.05, 4.69) is 15.4 Å². The lowest BCUT2D eigenvalue weighted by Crippen LogP contribution is -2.40. The number of carbonyl (C=O) groups is 1. The van der Waals surface area contributed by atoms with Crippen molar-refractivity contribution in [3.63, 3.8) is 0 Å². The number of fused-ring (bicyclic) bond motifs is 2. The number of pyridine rings is 1. The van der Waals surface area contributed by atoms with Crippen molar-refractivity contribution < 1.29 is 26.4 Å². The number of nitrogens with one attached hydrogen (secondary N) is 2. The largest absolute Gasteiger partial charge is 0.511 e. The molecule has 0 aliphatic rings. The van der Waals surface area contributed by atoms with Gasteiger partial charge in [-0.3, -0.25) is 9.59 Å². The number of nitrogens with zero attached hydrogens (tertiary/aromatic N) is 4. The fraction of sp³-hybridized carbons (Fsp3) is 0.238. The molecular weight excluding hydrogens is 539 g/mol. The van der Waals surface area contributed by atoms with Crippen LogP contribution in [0.5, 0.6) is 0 Å². The van der Waals surface area contributed by atoms with Gasteiger partial charge >= 0.3 is 15.5 Å². The van der Waals surface area contributed by atoms with Gasteiger partial charge in [-0.25, -0.2) is 22.6 Å². The van der Waals surface area contributed by atoms with E-state index in [4.69, 9.17) is 17.3 Å². The van der Waals surface area contributed by atoms with Crippen molar-refractivity contribution in [3.8, 4) is 0 Å². The van der Waals surface area contributed by atoms with E-state index in [1.807, 2.05) is 0 Å². The summed E-state index contributed by atoms with van der Waals surface area (Å²) < 4.78 is 64.8. The molecule has 1 atom stereocenters. The zero-order valence-corrected chi connectivity index (χ0v) is 20.5. The standard InChI is InChI=1S/C21H19ClF3N7O4S/c1-11(29-19(33)16-17(26)30-32-8-3-6-27-18(16)32)14-10-12-4-2-5-13(22)15(12)20(34)31(14)9-7-28-37(35,36)21(23,24)25/h2-6,8,10-11,28H,7,9H2,1H3,(H2,26,30)(H,29,33). The molecule has 3 aromatic heterocycles. The molecule has 16 heteroatoms. The summed E-state index contributed by atoms with van der Waals surface area (Å²) in [7, 11) is -5.63. The zero-order chi connectivity index (χ0) is 27.1. The molecule has 0 saturated heterocycles. The van der Waals surface area contributed by atoms with Crippen LogP contribution in [0.15, 0.2) is 47.5 Å². The number of amides is 1. The average molecular weight is 558 g/mol. The van der Waals surface area contributed by atoms with Gasteiger partial charge in [0.2, 0.25) is 0 Å². The molecule has 4 rings (SSSR count). The van der Waals surface area contributed by atoms with E-state index in [0.717, 1.165) is 4.57 Å². The number of hydrogen-bond acceptors (Lipinski definition) is 7. The Kier molecular flexibility index (Phi) is 6.87. The van der Waals surface area contributed by atoms with Gasteiger partial charge in [-0.1, -0.05) is 23.7 Å². The fourth-order valence-electron chi connectivity index (χ4n) is 3.80. The van der Waals surface area contributed by atoms with E-state index >= 15 is 0 Å². The van der Waals surface area contributed by atoms with Crippen LogP contribution in [0.25, 0.3) is 16.4 Å². The second kappa shape index (κ2) is 9.64. The lowest BCUT2D eigenvalue weighted by atomic mass is 10.1. The number of anilines is 1. The Balaban J connectivity index is 1.71. The highest BCUT2D eigenvalue weighted by molar-refractivity contribution is 7.90. The quantitative estimate of drug-likeness (QED) is 0.315. The van der Waals surface area contributed by atoms with Gasteiger partial charge in [0.1, 0.15) is 5.56 Å². The second-order valence-electron chi connectivity index (χ2n) is 7.92. The minimum atomic E-state index is -5.63. The van der Waals surface area contributed by atoms with Crippen molar-refractivity contribution in [1.29, 1.82) is 0 Å². The smallest absolute Gasteiger partial charge is 0.381 e. The molecule has 1 unspecified atom stereocenters. The SMILES string of the molecule is CC(NC(=O)c1c(N)nn2cccnc12)c1cc2cccc(Cl)c2c(=O)n1CCNS(=O)(=O)C(F)(F)F. The highest BCUT2D eigenvalue weighted by Gasteiger charge is 2.45. The summed E-state index contributed by atoms with van der Waals surface area (Å²) in [6.45, 7) is 0.302. The van der Waals surface area contributed by atoms with Crippen molar-refractivity contribution in [2.75, 3.05) is 12.3 Å². The Hall–Kier alpha value is -3.69. The number of benzene rings is 1. The molecule has 0 fully saturated rings. The minimum absolute atomic E-state index is 0.0110. The Morgan fingerprint density at radius 3 is 2.70 bits per heavy atom. The van der Waals surface area contributed by atoms with Crippen LogP contribution in [0.1, 0.15) is 29.0 Å². The van der Waals surface area contributed by atoms with Crippen LogP contribution in [0.2, 0.25) is 5.02 Å². The number of halogens is 4. The van der Waals surface area contributed by atoms with E-state index in [1.54, 1.807) is 24.4 Å². The van der Waals surface area contributed by atoms with Crippen molar-refractivity contribution >= 4 is 49.8 Å². The van der Waals surface area contributed by atoms with Crippen molar-refractivity contribution in [1.82, 2.24) is 29.2 Å². The van der Waals surface area contributed by atoms with Gasteiger partial charge in [0, 0.05) is 31.2 Å². The predicted octanol–water partition coefficient (Wildman–Crippen LogP) is 2.21. The highest BCUT2D eigenvalue weighted by Crippen LogP contribution is 2.25. The van der Waals surface area contributed by atoms with Crippen LogP contribution < -0.4 is 21.3 Å². The topological polar surface area (TPSA) is 153 Å². The molecule has 11 nitrogen and oxygen atoms in total. The zero-order valence-electron chi connectivity index (χ0n) is 19.0. The maximum atomic E-state index is 13.3. The molecule has 4 N–H and O–H groups in total. The van der Waals surface area contributed by atoms with Crippen molar-refractivity contribution in [2.24, 2.45) is 0 Å². The number of rotatable bonds is 7. The first-order valence-corrected chi connectivity index (χ1v) is 12.5. The van der Waals surface area contributed by atoms with Crippen LogP contribution in [0.4, 0.5) is 19.0 Å². The summed E-state index contributed by atoms with van der Waals surface area (Å²) in [6, 6.07) is 6.91. The summed E-state index contributed by atoms with van der Waals surface area (Å²) in [6.07, 6.45) is 3.00. The molecule has 0 spiro atoms. The third-order valence-corrected chi connectivity index (χ3v) is 7.00. The molecule has 196 valence electrons. The van der Waals surface area contributed by atoms with Gasteiger partial charge in [-0.15, -0.1) is 5.10 Å². The minimum Gasteiger partial charge on any atom is -0.381 e. The summed E-state index contributed by atoms with van der Waals surface area (Å²) in [5.74, 6) is -0.755. The normalized spacial score (nSPS) is 13.2. The average Bonchev–Trinajstić information content (AvgIpc) is 3.15. The molecule has 0 aliphatic carbocycles. The van der Waals surface area contributed by atoms with Crippen molar-refractivity contribution in [3.05, 3.63) is 69.4 Å². The first-order valence-electron chi connectivity index (χ1n) is 10.6. The van der Waals surface area contributed by atoms with Crippen LogP contribution in [-0.2, 0) is 16.6 Å². The van der Waals surface area contributed by atoms with Crippen LogP contribution in [0, 0.1) is 0 Å². The van der Waals surface area contributed by atoms with Gasteiger partial charge in [0.15, 0.2) is 11.5 Å². The third-order valence-electron chi connectivity index (χ3n) is 5.49. The molecule has 0 bridgehead atoms. The van der Waals surface area contributed by atoms with E-state index < -0.39 is 46.1 Å². The van der Waals surface area contributed by atoms with Gasteiger partial charge < -0.3 is 15.6 Å². The van der Waals surface area contributed by atoms with E-state index in [1.165, 1.54) is 34.5 Å². The summed E-state index contributed by atoms with van der Waals surface area (Å²) in [5, 5.41) is 7.31. The number of aromatic nitrogens is 4. The summed E-state index contributed by atoms with van der Waals surface area (Å²) >= 11 is 6.18. The number of carbonyl (C=O) groups excluding carboxylic acids is 1. The van der Waals surface area contributed by atoms with Crippen LogP contribution >= 0.6 is 11.6 Å². The lowest BCUT2D eigenvalue weighted by molar-refractivity contribution is -0.0447. The maximum Gasteiger partial charge on any atom is 0.511 e. The molecule has 1 aromatic carbocycles. The molecular formula is C21H19ClF3N7O4S. The first kappa shape index (κ1) is 26.4. The number of sulfonamides is 1. The molecule has 37 heavy (non-hydrogen) atoms. The van der Waals surface area contributed by atoms with Gasteiger partial charge in [0.25, 0.3) is 11.5 Å². The predicted molar refractivity (Wildman–Crippen MR) is 129 cm³/mol. The number of nitrogens with two attached hydrogens (primary N) is 1. The van der Waals surface area contributed by atoms with Crippen molar-refractivity contribution in [2.45, 2.75) is 25.0 Å². The lowest BCUT2D eigenvalue weighted by Gasteiger charge is -2.21. The molecule has 1 amide bonds. The monoisotopic (exact) mass is 557 g/mol. The van der Waals surface area contributed by atoms with Gasteiger partial charge in [-0.2, -0.15) is 13.2 Å². The summed E-state index contributed by atoms with van der Waals surface area (Å²) in [4.78, 5) is 30.5. The Bertz CT molecular complexity index is 1690. The summed E-state index contributed by atoms with van der Waals surface area (Å²) in [5.41, 5.74) is 0.0612. The second-order valence-corrected chi connectivity index (χ2v) is 10.1. The van der Waals surface area contributed by atoms with Crippen LogP contribution in [0.3, 0.4) is 0 Å². The van der Waals surface area contributed by atoms with Gasteiger partial charge in [0.05, 0.1) is 16.5 Å².